The molecule has 0 aliphatic rings. The Bertz CT molecular complexity index is 435. The first-order chi connectivity index (χ1) is 8.58. The maximum atomic E-state index is 11.8. The van der Waals surface area contributed by atoms with Crippen LogP contribution in [-0.4, -0.2) is 41.4 Å². The van der Waals surface area contributed by atoms with Crippen molar-refractivity contribution in [3.8, 4) is 0 Å². The fraction of sp³-hybridized carbons (Fsp3) is 0.455. The molecule has 0 spiro atoms. The van der Waals surface area contributed by atoms with Crippen molar-refractivity contribution < 1.29 is 9.59 Å². The van der Waals surface area contributed by atoms with Gasteiger partial charge in [0.15, 0.2) is 0 Å². The minimum Gasteiger partial charge on any atom is -0.372 e. The van der Waals surface area contributed by atoms with E-state index >= 15 is 0 Å². The minimum atomic E-state index is -0.613. The lowest BCUT2D eigenvalue weighted by atomic mass is 10.3. The monoisotopic (exact) mass is 251 g/mol. The summed E-state index contributed by atoms with van der Waals surface area (Å²) in [6.07, 6.45) is 2.85. The molecule has 1 rings (SSSR count). The van der Waals surface area contributed by atoms with Crippen LogP contribution in [0.2, 0.25) is 0 Å². The predicted molar refractivity (Wildman–Crippen MR) is 67.2 cm³/mol. The summed E-state index contributed by atoms with van der Waals surface area (Å²) < 4.78 is 0. The number of hydrogen-bond donors (Lipinski definition) is 3. The van der Waals surface area contributed by atoms with Crippen molar-refractivity contribution in [1.29, 1.82) is 0 Å². The molecule has 0 aliphatic carbocycles. The van der Waals surface area contributed by atoms with E-state index in [0.29, 0.717) is 12.4 Å². The number of rotatable bonds is 5. The van der Waals surface area contributed by atoms with E-state index in [2.05, 4.69) is 25.9 Å². The zero-order valence-electron chi connectivity index (χ0n) is 10.7. The van der Waals surface area contributed by atoms with Gasteiger partial charge in [-0.25, -0.2) is 4.98 Å². The minimum absolute atomic E-state index is 0.165. The van der Waals surface area contributed by atoms with Gasteiger partial charge in [0.25, 0.3) is 5.91 Å². The summed E-state index contributed by atoms with van der Waals surface area (Å²) in [7, 11) is 1.68. The van der Waals surface area contributed by atoms with Crippen LogP contribution < -0.4 is 16.0 Å². The first-order valence-corrected chi connectivity index (χ1v) is 5.66. The van der Waals surface area contributed by atoms with Crippen LogP contribution in [0.1, 0.15) is 24.3 Å². The molecule has 1 aromatic rings. The average Bonchev–Trinajstić information content (AvgIpc) is 2.39. The fourth-order valence-corrected chi connectivity index (χ4v) is 1.26. The zero-order valence-corrected chi connectivity index (χ0v) is 10.7. The molecule has 0 bridgehead atoms. The number of nitrogens with one attached hydrogen (secondary N) is 3. The molecular weight excluding hydrogens is 234 g/mol. The molecule has 7 nitrogen and oxygen atoms in total. The Morgan fingerprint density at radius 1 is 1.39 bits per heavy atom. The first-order valence-electron chi connectivity index (χ1n) is 5.66. The van der Waals surface area contributed by atoms with E-state index in [1.54, 1.807) is 14.0 Å². The summed E-state index contributed by atoms with van der Waals surface area (Å²) in [4.78, 5) is 31.2. The molecule has 2 amide bonds. The number of likely N-dealkylation sites (N-methyl/N-ethyl adjacent to an activating group) is 1. The first kappa shape index (κ1) is 13.9. The quantitative estimate of drug-likeness (QED) is 0.672. The van der Waals surface area contributed by atoms with Crippen molar-refractivity contribution in [3.05, 3.63) is 18.1 Å². The Morgan fingerprint density at radius 3 is 2.72 bits per heavy atom. The third-order valence-electron chi connectivity index (χ3n) is 2.22. The second kappa shape index (κ2) is 6.53. The molecule has 0 radical (unpaired) electrons. The number of aromatic nitrogens is 2. The molecule has 0 saturated heterocycles. The Morgan fingerprint density at radius 2 is 2.11 bits per heavy atom. The lowest BCUT2D eigenvalue weighted by Crippen LogP contribution is -2.44. The van der Waals surface area contributed by atoms with Crippen molar-refractivity contribution >= 4 is 17.6 Å². The van der Waals surface area contributed by atoms with E-state index in [1.807, 2.05) is 6.92 Å². The largest absolute Gasteiger partial charge is 0.372 e. The number of nitrogens with zero attached hydrogens (tertiary/aromatic N) is 2. The summed E-state index contributed by atoms with van der Waals surface area (Å²) in [5, 5.41) is 7.96. The second-order valence-corrected chi connectivity index (χ2v) is 3.63. The van der Waals surface area contributed by atoms with Crippen LogP contribution in [0.3, 0.4) is 0 Å². The van der Waals surface area contributed by atoms with E-state index < -0.39 is 11.9 Å². The highest BCUT2D eigenvalue weighted by Crippen LogP contribution is 2.01. The number of hydrogen-bond acceptors (Lipinski definition) is 5. The van der Waals surface area contributed by atoms with E-state index in [9.17, 15) is 9.59 Å². The second-order valence-electron chi connectivity index (χ2n) is 3.63. The number of anilines is 1. The van der Waals surface area contributed by atoms with E-state index in [1.165, 1.54) is 12.4 Å². The Kier molecular flexibility index (Phi) is 5.04. The van der Waals surface area contributed by atoms with Crippen molar-refractivity contribution in [2.75, 3.05) is 18.9 Å². The molecule has 0 aromatic carbocycles. The third-order valence-corrected chi connectivity index (χ3v) is 2.22. The highest BCUT2D eigenvalue weighted by Gasteiger charge is 2.16. The Hall–Kier alpha value is -2.18. The summed E-state index contributed by atoms with van der Waals surface area (Å²) in [5.74, 6) is -0.171. The molecule has 7 heteroatoms. The van der Waals surface area contributed by atoms with Gasteiger partial charge in [-0.05, 0) is 13.8 Å². The molecule has 0 saturated carbocycles. The van der Waals surface area contributed by atoms with Crippen molar-refractivity contribution in [3.63, 3.8) is 0 Å². The van der Waals surface area contributed by atoms with Gasteiger partial charge in [-0.15, -0.1) is 0 Å². The predicted octanol–water partition coefficient (Wildman–Crippen LogP) is -0.227. The zero-order chi connectivity index (χ0) is 13.5. The number of carbonyl (C=O) groups is 2. The van der Waals surface area contributed by atoms with Crippen molar-refractivity contribution in [2.24, 2.45) is 0 Å². The molecule has 1 heterocycles. The van der Waals surface area contributed by atoms with Gasteiger partial charge in [-0.2, -0.15) is 0 Å². The van der Waals surface area contributed by atoms with Gasteiger partial charge >= 0.3 is 0 Å². The van der Waals surface area contributed by atoms with Crippen molar-refractivity contribution in [1.82, 2.24) is 20.6 Å². The van der Waals surface area contributed by atoms with Gasteiger partial charge in [0.2, 0.25) is 5.91 Å². The van der Waals surface area contributed by atoms with Gasteiger partial charge in [0.05, 0.1) is 12.4 Å². The SMILES string of the molecule is CCNC(=O)C(C)NC(=O)c1cncc(NC)n1. The summed E-state index contributed by atoms with van der Waals surface area (Å²) in [6, 6.07) is -0.613. The van der Waals surface area contributed by atoms with Crippen LogP contribution in [-0.2, 0) is 4.79 Å². The summed E-state index contributed by atoms with van der Waals surface area (Å²) >= 11 is 0. The molecule has 98 valence electrons. The maximum Gasteiger partial charge on any atom is 0.272 e. The number of carbonyl (C=O) groups excluding carboxylic acids is 2. The molecule has 0 fully saturated rings. The molecule has 1 unspecified atom stereocenters. The molecule has 0 aliphatic heterocycles. The highest BCUT2D eigenvalue weighted by atomic mass is 16.2. The maximum absolute atomic E-state index is 11.8. The Balaban J connectivity index is 2.67. The summed E-state index contributed by atoms with van der Waals surface area (Å²) in [6.45, 7) is 3.95. The topological polar surface area (TPSA) is 96.0 Å². The van der Waals surface area contributed by atoms with Gasteiger partial charge < -0.3 is 16.0 Å². The molecular formula is C11H17N5O2. The smallest absolute Gasteiger partial charge is 0.272 e. The average molecular weight is 251 g/mol. The van der Waals surface area contributed by atoms with Crippen molar-refractivity contribution in [2.45, 2.75) is 19.9 Å². The standard InChI is InChI=1S/C11H17N5O2/c1-4-14-10(17)7(2)15-11(18)8-5-13-6-9(12-3)16-8/h5-7H,4H2,1-3H3,(H,12,16)(H,14,17)(H,15,18). The van der Waals surface area contributed by atoms with Crippen LogP contribution in [0.4, 0.5) is 5.82 Å². The lowest BCUT2D eigenvalue weighted by molar-refractivity contribution is -0.122. The summed E-state index contributed by atoms with van der Waals surface area (Å²) in [5.41, 5.74) is 0.165. The normalized spacial score (nSPS) is 11.5. The van der Waals surface area contributed by atoms with Gasteiger partial charge in [0.1, 0.15) is 17.6 Å². The molecule has 3 N–H and O–H groups in total. The Labute approximate surface area is 105 Å². The van der Waals surface area contributed by atoms with Gasteiger partial charge in [0, 0.05) is 13.6 Å². The van der Waals surface area contributed by atoms with Gasteiger partial charge in [-0.3, -0.25) is 14.6 Å². The fourth-order valence-electron chi connectivity index (χ4n) is 1.26. The van der Waals surface area contributed by atoms with E-state index in [-0.39, 0.29) is 11.6 Å². The number of amides is 2. The van der Waals surface area contributed by atoms with Crippen LogP contribution in [0, 0.1) is 0 Å². The third kappa shape index (κ3) is 3.69. The molecule has 1 atom stereocenters. The molecule has 1 aromatic heterocycles. The van der Waals surface area contributed by atoms with Crippen LogP contribution in [0.25, 0.3) is 0 Å². The van der Waals surface area contributed by atoms with E-state index in [4.69, 9.17) is 0 Å². The lowest BCUT2D eigenvalue weighted by Gasteiger charge is -2.12. The van der Waals surface area contributed by atoms with E-state index in [0.717, 1.165) is 0 Å². The van der Waals surface area contributed by atoms with Gasteiger partial charge in [-0.1, -0.05) is 0 Å². The molecule has 18 heavy (non-hydrogen) atoms. The van der Waals surface area contributed by atoms with Crippen LogP contribution >= 0.6 is 0 Å². The van der Waals surface area contributed by atoms with Crippen LogP contribution in [0.5, 0.6) is 0 Å². The van der Waals surface area contributed by atoms with Crippen LogP contribution in [0.15, 0.2) is 12.4 Å². The highest BCUT2D eigenvalue weighted by molar-refractivity contribution is 5.95.